The average Bonchev–Trinajstić information content (AvgIpc) is 2.31. The number of thioether (sulfide) groups is 1. The van der Waals surface area contributed by atoms with Crippen LogP contribution in [-0.2, 0) is 11.2 Å². The Morgan fingerprint density at radius 2 is 2.29 bits per heavy atom. The lowest BCUT2D eigenvalue weighted by atomic mass is 10.0. The van der Waals surface area contributed by atoms with Crippen LogP contribution in [0.4, 0.5) is 5.69 Å². The molecule has 2 atom stereocenters. The van der Waals surface area contributed by atoms with Gasteiger partial charge in [-0.1, -0.05) is 13.0 Å². The number of fused-ring (bicyclic) bond motifs is 1. The van der Waals surface area contributed by atoms with E-state index in [9.17, 15) is 4.79 Å². The maximum Gasteiger partial charge on any atom is 0.237 e. The van der Waals surface area contributed by atoms with E-state index in [0.717, 1.165) is 12.1 Å². The van der Waals surface area contributed by atoms with Crippen molar-refractivity contribution in [3.8, 4) is 0 Å². The highest BCUT2D eigenvalue weighted by atomic mass is 32.2. The maximum absolute atomic E-state index is 11.5. The van der Waals surface area contributed by atoms with Crippen LogP contribution in [0.2, 0.25) is 0 Å². The van der Waals surface area contributed by atoms with Crippen LogP contribution < -0.4 is 11.1 Å². The lowest BCUT2D eigenvalue weighted by molar-refractivity contribution is -0.115. The molecule has 0 saturated carbocycles. The topological polar surface area (TPSA) is 55.1 Å². The van der Waals surface area contributed by atoms with Crippen molar-refractivity contribution in [2.75, 3.05) is 11.9 Å². The van der Waals surface area contributed by atoms with Gasteiger partial charge in [0.1, 0.15) is 0 Å². The Bertz CT molecular complexity index is 433. The van der Waals surface area contributed by atoms with Crippen molar-refractivity contribution in [2.24, 2.45) is 11.7 Å². The van der Waals surface area contributed by atoms with Gasteiger partial charge in [0, 0.05) is 4.90 Å². The number of nitrogens with two attached hydrogens (primary N) is 1. The largest absolute Gasteiger partial charge is 0.330 e. The number of benzene rings is 1. The zero-order valence-corrected chi connectivity index (χ0v) is 11.0. The summed E-state index contributed by atoms with van der Waals surface area (Å²) in [5.41, 5.74) is 7.86. The Balaban J connectivity index is 2.19. The Morgan fingerprint density at radius 1 is 1.53 bits per heavy atom. The van der Waals surface area contributed by atoms with Crippen LogP contribution in [0.25, 0.3) is 0 Å². The van der Waals surface area contributed by atoms with Gasteiger partial charge < -0.3 is 11.1 Å². The summed E-state index contributed by atoms with van der Waals surface area (Å²) in [6.45, 7) is 4.78. The SMILES string of the molecule is CC(CN)Cc1ccc2c(c1)SC(C)C(=O)N2. The zero-order chi connectivity index (χ0) is 12.4. The second kappa shape index (κ2) is 5.10. The minimum Gasteiger partial charge on any atom is -0.330 e. The van der Waals surface area contributed by atoms with E-state index in [2.05, 4.69) is 24.4 Å². The molecule has 0 aliphatic carbocycles. The molecule has 4 heteroatoms. The lowest BCUT2D eigenvalue weighted by Gasteiger charge is -2.22. The first kappa shape index (κ1) is 12.5. The van der Waals surface area contributed by atoms with Crippen molar-refractivity contribution in [3.05, 3.63) is 23.8 Å². The number of hydrogen-bond donors (Lipinski definition) is 2. The summed E-state index contributed by atoms with van der Waals surface area (Å²) < 4.78 is 0. The molecule has 1 heterocycles. The van der Waals surface area contributed by atoms with E-state index < -0.39 is 0 Å². The third kappa shape index (κ3) is 2.82. The van der Waals surface area contributed by atoms with Gasteiger partial charge in [-0.2, -0.15) is 0 Å². The Kier molecular flexibility index (Phi) is 3.74. The number of carbonyl (C=O) groups excluding carboxylic acids is 1. The van der Waals surface area contributed by atoms with Crippen molar-refractivity contribution in [1.82, 2.24) is 0 Å². The lowest BCUT2D eigenvalue weighted by Crippen LogP contribution is -2.26. The first-order valence-corrected chi connectivity index (χ1v) is 6.78. The molecule has 2 rings (SSSR count). The van der Waals surface area contributed by atoms with Gasteiger partial charge in [-0.25, -0.2) is 0 Å². The molecule has 1 aromatic rings. The predicted octanol–water partition coefficient (Wildman–Crippen LogP) is 2.26. The predicted molar refractivity (Wildman–Crippen MR) is 72.3 cm³/mol. The van der Waals surface area contributed by atoms with E-state index in [4.69, 9.17) is 5.73 Å². The molecule has 0 aromatic heterocycles. The fourth-order valence-electron chi connectivity index (χ4n) is 1.86. The molecule has 1 aromatic carbocycles. The van der Waals surface area contributed by atoms with Crippen LogP contribution in [0.3, 0.4) is 0 Å². The number of nitrogens with one attached hydrogen (secondary N) is 1. The van der Waals surface area contributed by atoms with Gasteiger partial charge in [-0.3, -0.25) is 4.79 Å². The fraction of sp³-hybridized carbons (Fsp3) is 0.462. The van der Waals surface area contributed by atoms with E-state index in [-0.39, 0.29) is 11.2 Å². The Labute approximate surface area is 106 Å². The fourth-order valence-corrected chi connectivity index (χ4v) is 2.87. The minimum atomic E-state index is -0.00955. The van der Waals surface area contributed by atoms with Gasteiger partial charge in [-0.05, 0) is 43.5 Å². The molecule has 0 fully saturated rings. The molecule has 0 spiro atoms. The van der Waals surface area contributed by atoms with E-state index in [1.807, 2.05) is 13.0 Å². The summed E-state index contributed by atoms with van der Waals surface area (Å²) in [7, 11) is 0. The van der Waals surface area contributed by atoms with Gasteiger partial charge in [0.05, 0.1) is 10.9 Å². The minimum absolute atomic E-state index is 0.00955. The molecule has 2 unspecified atom stereocenters. The molecule has 0 saturated heterocycles. The van der Waals surface area contributed by atoms with Gasteiger partial charge >= 0.3 is 0 Å². The van der Waals surface area contributed by atoms with E-state index in [1.54, 1.807) is 11.8 Å². The first-order chi connectivity index (χ1) is 8.10. The monoisotopic (exact) mass is 250 g/mol. The summed E-state index contributed by atoms with van der Waals surface area (Å²) in [5.74, 6) is 0.583. The second-order valence-corrected chi connectivity index (χ2v) is 6.01. The van der Waals surface area contributed by atoms with Crippen molar-refractivity contribution >= 4 is 23.4 Å². The zero-order valence-electron chi connectivity index (χ0n) is 10.2. The Hall–Kier alpha value is -1.00. The molecule has 1 aliphatic rings. The van der Waals surface area contributed by atoms with Gasteiger partial charge in [0.25, 0.3) is 0 Å². The number of anilines is 1. The van der Waals surface area contributed by atoms with Crippen molar-refractivity contribution < 1.29 is 4.79 Å². The highest BCUT2D eigenvalue weighted by molar-refractivity contribution is 8.00. The van der Waals surface area contributed by atoms with Crippen molar-refractivity contribution in [3.63, 3.8) is 0 Å². The molecule has 3 N–H and O–H groups in total. The molecule has 1 aliphatic heterocycles. The molecule has 3 nitrogen and oxygen atoms in total. The van der Waals surface area contributed by atoms with Crippen LogP contribution in [-0.4, -0.2) is 17.7 Å². The molecule has 92 valence electrons. The number of carbonyl (C=O) groups is 1. The van der Waals surface area contributed by atoms with E-state index >= 15 is 0 Å². The van der Waals surface area contributed by atoms with Crippen LogP contribution in [0.15, 0.2) is 23.1 Å². The van der Waals surface area contributed by atoms with Gasteiger partial charge in [0.15, 0.2) is 0 Å². The summed E-state index contributed by atoms with van der Waals surface area (Å²) in [5, 5.41) is 2.91. The summed E-state index contributed by atoms with van der Waals surface area (Å²) in [6, 6.07) is 6.23. The Morgan fingerprint density at radius 3 is 3.00 bits per heavy atom. The normalized spacial score (nSPS) is 20.6. The third-order valence-electron chi connectivity index (χ3n) is 2.96. The number of amides is 1. The van der Waals surface area contributed by atoms with Crippen LogP contribution in [0.5, 0.6) is 0 Å². The highest BCUT2D eigenvalue weighted by Crippen LogP contribution is 2.36. The number of hydrogen-bond acceptors (Lipinski definition) is 3. The quantitative estimate of drug-likeness (QED) is 0.865. The van der Waals surface area contributed by atoms with E-state index in [0.29, 0.717) is 12.5 Å². The standard InChI is InChI=1S/C13H18N2OS/c1-8(7-14)5-10-3-4-11-12(6-10)17-9(2)13(16)15-11/h3-4,6,8-9H,5,7,14H2,1-2H3,(H,15,16). The van der Waals surface area contributed by atoms with Gasteiger partial charge in [0.2, 0.25) is 5.91 Å². The summed E-state index contributed by atoms with van der Waals surface area (Å²) in [4.78, 5) is 12.7. The van der Waals surface area contributed by atoms with Crippen molar-refractivity contribution in [1.29, 1.82) is 0 Å². The van der Waals surface area contributed by atoms with Crippen LogP contribution >= 0.6 is 11.8 Å². The van der Waals surface area contributed by atoms with Gasteiger partial charge in [-0.15, -0.1) is 11.8 Å². The molecular weight excluding hydrogens is 232 g/mol. The maximum atomic E-state index is 11.5. The molecule has 0 radical (unpaired) electrons. The summed E-state index contributed by atoms with van der Waals surface area (Å²) >= 11 is 1.63. The molecule has 1 amide bonds. The van der Waals surface area contributed by atoms with Crippen LogP contribution in [0.1, 0.15) is 19.4 Å². The summed E-state index contributed by atoms with van der Waals surface area (Å²) in [6.07, 6.45) is 0.993. The third-order valence-corrected chi connectivity index (χ3v) is 4.12. The molecule has 0 bridgehead atoms. The highest BCUT2D eigenvalue weighted by Gasteiger charge is 2.22. The first-order valence-electron chi connectivity index (χ1n) is 5.90. The van der Waals surface area contributed by atoms with Crippen molar-refractivity contribution in [2.45, 2.75) is 30.4 Å². The second-order valence-electron chi connectivity index (χ2n) is 4.62. The van der Waals surface area contributed by atoms with Crippen LogP contribution in [0, 0.1) is 5.92 Å². The smallest absolute Gasteiger partial charge is 0.237 e. The molecule has 17 heavy (non-hydrogen) atoms. The molecular formula is C13H18N2OS. The van der Waals surface area contributed by atoms with E-state index in [1.165, 1.54) is 10.5 Å². The average molecular weight is 250 g/mol. The number of rotatable bonds is 3.